The number of nitro groups is 1. The summed E-state index contributed by atoms with van der Waals surface area (Å²) in [5, 5.41) is 17.5. The SMILES string of the molecule is COc1cc(/C=N\OCc2cccc([N+](=O)[O-])c2)cc(I)c1OCC(=O)Nc1ccccc1. The predicted molar refractivity (Wildman–Crippen MR) is 132 cm³/mol. The average Bonchev–Trinajstić information content (AvgIpc) is 2.81. The zero-order chi connectivity index (χ0) is 23.6. The van der Waals surface area contributed by atoms with E-state index in [0.29, 0.717) is 28.3 Å². The lowest BCUT2D eigenvalue weighted by molar-refractivity contribution is -0.384. The first-order valence-electron chi connectivity index (χ1n) is 9.70. The van der Waals surface area contributed by atoms with Crippen molar-refractivity contribution < 1.29 is 24.0 Å². The van der Waals surface area contributed by atoms with Gasteiger partial charge >= 0.3 is 0 Å². The first-order valence-corrected chi connectivity index (χ1v) is 10.8. The molecule has 1 amide bonds. The van der Waals surface area contributed by atoms with Crippen LogP contribution in [0.1, 0.15) is 11.1 Å². The Balaban J connectivity index is 1.59. The van der Waals surface area contributed by atoms with Crippen LogP contribution in [0.4, 0.5) is 11.4 Å². The standard InChI is InChI=1S/C23H20IN3O6/c1-31-21-12-17(13-25-33-14-16-6-5-9-19(10-16)27(29)30)11-20(24)23(21)32-15-22(28)26-18-7-3-2-4-8-18/h2-13H,14-15H2,1H3,(H,26,28)/b25-13-. The van der Waals surface area contributed by atoms with E-state index < -0.39 is 4.92 Å². The number of nitrogens with zero attached hydrogens (tertiary/aromatic N) is 2. The summed E-state index contributed by atoms with van der Waals surface area (Å²) >= 11 is 2.08. The third-order valence-electron chi connectivity index (χ3n) is 4.29. The second-order valence-corrected chi connectivity index (χ2v) is 7.83. The number of methoxy groups -OCH3 is 1. The molecule has 0 aliphatic carbocycles. The second kappa shape index (κ2) is 11.8. The van der Waals surface area contributed by atoms with Gasteiger partial charge in [0.2, 0.25) is 0 Å². The zero-order valence-electron chi connectivity index (χ0n) is 17.6. The van der Waals surface area contributed by atoms with Gasteiger partial charge in [0, 0.05) is 23.4 Å². The highest BCUT2D eigenvalue weighted by Gasteiger charge is 2.13. The van der Waals surface area contributed by atoms with E-state index in [-0.39, 0.29) is 24.8 Å². The molecule has 0 aromatic heterocycles. The van der Waals surface area contributed by atoms with Gasteiger partial charge in [-0.15, -0.1) is 0 Å². The molecule has 0 aliphatic rings. The Hall–Kier alpha value is -3.67. The summed E-state index contributed by atoms with van der Waals surface area (Å²) in [5.74, 6) is 0.588. The van der Waals surface area contributed by atoms with Gasteiger partial charge in [-0.3, -0.25) is 14.9 Å². The first kappa shape index (κ1) is 24.0. The molecular formula is C23H20IN3O6. The fourth-order valence-electron chi connectivity index (χ4n) is 2.78. The number of ether oxygens (including phenoxy) is 2. The lowest BCUT2D eigenvalue weighted by atomic mass is 10.2. The minimum absolute atomic E-state index is 0.00703. The number of hydrogen-bond donors (Lipinski definition) is 1. The zero-order valence-corrected chi connectivity index (χ0v) is 19.7. The van der Waals surface area contributed by atoms with Crippen LogP contribution >= 0.6 is 22.6 Å². The molecule has 0 heterocycles. The van der Waals surface area contributed by atoms with Gasteiger partial charge in [-0.1, -0.05) is 35.5 Å². The fraction of sp³-hybridized carbons (Fsp3) is 0.130. The number of anilines is 1. The van der Waals surface area contributed by atoms with Crippen molar-refractivity contribution in [2.75, 3.05) is 19.0 Å². The molecule has 0 aliphatic heterocycles. The van der Waals surface area contributed by atoms with Gasteiger partial charge in [-0.25, -0.2) is 0 Å². The lowest BCUT2D eigenvalue weighted by Gasteiger charge is -2.13. The third-order valence-corrected chi connectivity index (χ3v) is 5.09. The maximum Gasteiger partial charge on any atom is 0.269 e. The number of carbonyl (C=O) groups excluding carboxylic acids is 1. The van der Waals surface area contributed by atoms with E-state index in [1.165, 1.54) is 25.5 Å². The molecule has 3 aromatic carbocycles. The lowest BCUT2D eigenvalue weighted by Crippen LogP contribution is -2.20. The van der Waals surface area contributed by atoms with Crippen molar-refractivity contribution in [1.82, 2.24) is 0 Å². The molecule has 0 radical (unpaired) electrons. The maximum atomic E-state index is 12.2. The molecule has 0 spiro atoms. The van der Waals surface area contributed by atoms with Crippen molar-refractivity contribution in [3.63, 3.8) is 0 Å². The molecule has 3 aromatic rings. The van der Waals surface area contributed by atoms with Crippen molar-refractivity contribution in [3.8, 4) is 11.5 Å². The first-order chi connectivity index (χ1) is 16.0. The van der Waals surface area contributed by atoms with Crippen LogP contribution in [0.2, 0.25) is 0 Å². The minimum atomic E-state index is -0.462. The smallest absolute Gasteiger partial charge is 0.269 e. The van der Waals surface area contributed by atoms with E-state index in [4.69, 9.17) is 14.3 Å². The van der Waals surface area contributed by atoms with E-state index in [0.717, 1.165) is 3.57 Å². The van der Waals surface area contributed by atoms with Gasteiger partial charge in [-0.2, -0.15) is 0 Å². The molecular weight excluding hydrogens is 541 g/mol. The molecule has 9 nitrogen and oxygen atoms in total. The van der Waals surface area contributed by atoms with Crippen LogP contribution in [0.25, 0.3) is 0 Å². The summed E-state index contributed by atoms with van der Waals surface area (Å²) in [4.78, 5) is 27.8. The fourth-order valence-corrected chi connectivity index (χ4v) is 3.56. The largest absolute Gasteiger partial charge is 0.493 e. The van der Waals surface area contributed by atoms with Crippen molar-refractivity contribution in [2.45, 2.75) is 6.61 Å². The van der Waals surface area contributed by atoms with Crippen LogP contribution in [-0.4, -0.2) is 30.8 Å². The molecule has 0 unspecified atom stereocenters. The van der Waals surface area contributed by atoms with Crippen LogP contribution in [0.3, 0.4) is 0 Å². The Kier molecular flexibility index (Phi) is 8.58. The van der Waals surface area contributed by atoms with E-state index in [1.807, 2.05) is 18.2 Å². The normalized spacial score (nSPS) is 10.6. The van der Waals surface area contributed by atoms with Crippen molar-refractivity contribution in [1.29, 1.82) is 0 Å². The Labute approximate surface area is 203 Å². The molecule has 0 bridgehead atoms. The highest BCUT2D eigenvalue weighted by molar-refractivity contribution is 14.1. The van der Waals surface area contributed by atoms with E-state index in [2.05, 4.69) is 33.1 Å². The van der Waals surface area contributed by atoms with Crippen molar-refractivity contribution in [3.05, 3.63) is 91.5 Å². The third kappa shape index (κ3) is 7.17. The van der Waals surface area contributed by atoms with Gasteiger partial charge in [-0.05, 0) is 52.4 Å². The van der Waals surface area contributed by atoms with Crippen LogP contribution in [0.5, 0.6) is 11.5 Å². The molecule has 10 heteroatoms. The monoisotopic (exact) mass is 561 g/mol. The summed E-state index contributed by atoms with van der Waals surface area (Å²) in [6, 6.07) is 18.8. The summed E-state index contributed by atoms with van der Waals surface area (Å²) in [7, 11) is 1.50. The van der Waals surface area contributed by atoms with Gasteiger partial charge < -0.3 is 19.6 Å². The highest BCUT2D eigenvalue weighted by Crippen LogP contribution is 2.33. The summed E-state index contributed by atoms with van der Waals surface area (Å²) < 4.78 is 11.8. The summed E-state index contributed by atoms with van der Waals surface area (Å²) in [6.45, 7) is -0.0921. The number of rotatable bonds is 10. The van der Waals surface area contributed by atoms with Gasteiger partial charge in [0.15, 0.2) is 18.1 Å². The number of carbonyl (C=O) groups is 1. The van der Waals surface area contributed by atoms with Crippen LogP contribution < -0.4 is 14.8 Å². The topological polar surface area (TPSA) is 112 Å². The molecule has 33 heavy (non-hydrogen) atoms. The average molecular weight is 561 g/mol. The summed E-state index contributed by atoms with van der Waals surface area (Å²) in [5.41, 5.74) is 2.00. The molecule has 170 valence electrons. The maximum absolute atomic E-state index is 12.2. The Morgan fingerprint density at radius 1 is 1.15 bits per heavy atom. The number of oxime groups is 1. The second-order valence-electron chi connectivity index (χ2n) is 6.67. The minimum Gasteiger partial charge on any atom is -0.493 e. The number of amides is 1. The van der Waals surface area contributed by atoms with Crippen LogP contribution in [0, 0.1) is 13.7 Å². The van der Waals surface area contributed by atoms with Crippen LogP contribution in [-0.2, 0) is 16.2 Å². The van der Waals surface area contributed by atoms with E-state index in [9.17, 15) is 14.9 Å². The molecule has 0 saturated heterocycles. The molecule has 0 fully saturated rings. The number of nitrogens with one attached hydrogen (secondary N) is 1. The quantitative estimate of drug-likeness (QED) is 0.165. The van der Waals surface area contributed by atoms with E-state index >= 15 is 0 Å². The number of para-hydroxylation sites is 1. The predicted octanol–water partition coefficient (Wildman–Crippen LogP) is 4.78. The molecule has 1 N–H and O–H groups in total. The number of halogens is 1. The van der Waals surface area contributed by atoms with Gasteiger partial charge in [0.05, 0.1) is 21.8 Å². The van der Waals surface area contributed by atoms with Crippen molar-refractivity contribution in [2.24, 2.45) is 5.16 Å². The van der Waals surface area contributed by atoms with Crippen molar-refractivity contribution >= 4 is 46.1 Å². The van der Waals surface area contributed by atoms with E-state index in [1.54, 1.807) is 36.4 Å². The summed E-state index contributed by atoms with van der Waals surface area (Å²) in [6.07, 6.45) is 1.49. The number of non-ortho nitro benzene ring substituents is 1. The Morgan fingerprint density at radius 2 is 1.94 bits per heavy atom. The number of hydrogen-bond acceptors (Lipinski definition) is 7. The van der Waals surface area contributed by atoms with Gasteiger partial charge in [0.1, 0.15) is 6.61 Å². The number of benzene rings is 3. The van der Waals surface area contributed by atoms with Gasteiger partial charge in [0.25, 0.3) is 11.6 Å². The Morgan fingerprint density at radius 3 is 2.67 bits per heavy atom. The highest BCUT2D eigenvalue weighted by atomic mass is 127. The molecule has 0 atom stereocenters. The Bertz CT molecular complexity index is 1150. The number of nitro benzene ring substituents is 1. The molecule has 3 rings (SSSR count). The van der Waals surface area contributed by atoms with Crippen LogP contribution in [0.15, 0.2) is 71.9 Å². The molecule has 0 saturated carbocycles.